The van der Waals surface area contributed by atoms with Crippen LogP contribution in [0.1, 0.15) is 23.7 Å². The van der Waals surface area contributed by atoms with Crippen molar-refractivity contribution in [3.63, 3.8) is 0 Å². The second-order valence-corrected chi connectivity index (χ2v) is 4.03. The van der Waals surface area contributed by atoms with E-state index in [0.29, 0.717) is 6.42 Å². The lowest BCUT2D eigenvalue weighted by atomic mass is 10.1. The van der Waals surface area contributed by atoms with Gasteiger partial charge in [0.15, 0.2) is 5.78 Å². The van der Waals surface area contributed by atoms with Crippen LogP contribution in [-0.4, -0.2) is 30.3 Å². The highest BCUT2D eigenvalue weighted by molar-refractivity contribution is 5.97. The van der Waals surface area contributed by atoms with E-state index < -0.39 is 5.82 Å². The van der Waals surface area contributed by atoms with Crippen LogP contribution in [-0.2, 0) is 0 Å². The Kier molecular flexibility index (Phi) is 4.80. The van der Waals surface area contributed by atoms with Crippen LogP contribution in [0.5, 0.6) is 0 Å². The van der Waals surface area contributed by atoms with E-state index >= 15 is 0 Å². The Bertz CT molecular complexity index is 439. The number of hydrogen-bond acceptors (Lipinski definition) is 3. The zero-order valence-corrected chi connectivity index (χ0v) is 9.98. The molecule has 0 aliphatic carbocycles. The molecule has 90 valence electrons. The van der Waals surface area contributed by atoms with Crippen molar-refractivity contribution in [1.29, 1.82) is 5.26 Å². The van der Waals surface area contributed by atoms with Crippen LogP contribution < -0.4 is 0 Å². The molecule has 0 aliphatic heterocycles. The quantitative estimate of drug-likeness (QED) is 0.734. The number of halogens is 1. The predicted molar refractivity (Wildman–Crippen MR) is 63.1 cm³/mol. The van der Waals surface area contributed by atoms with Gasteiger partial charge in [-0.1, -0.05) is 12.1 Å². The number of rotatable bonds is 5. The SMILES string of the molecule is CC(CC#N)N(C)CC(=O)c1ccccc1F. The number of Topliss-reactive ketones (excluding diaryl/α,β-unsaturated/α-hetero) is 1. The van der Waals surface area contributed by atoms with Gasteiger partial charge < -0.3 is 0 Å². The van der Waals surface area contributed by atoms with Gasteiger partial charge in [-0.2, -0.15) is 5.26 Å². The highest BCUT2D eigenvalue weighted by Gasteiger charge is 2.16. The van der Waals surface area contributed by atoms with Gasteiger partial charge in [-0.3, -0.25) is 9.69 Å². The molecule has 0 amide bonds. The fourth-order valence-electron chi connectivity index (χ4n) is 1.44. The summed E-state index contributed by atoms with van der Waals surface area (Å²) in [6.07, 6.45) is 0.348. The Morgan fingerprint density at radius 2 is 2.18 bits per heavy atom. The van der Waals surface area contributed by atoms with Gasteiger partial charge in [-0.25, -0.2) is 4.39 Å². The van der Waals surface area contributed by atoms with Gasteiger partial charge >= 0.3 is 0 Å². The number of benzene rings is 1. The number of hydrogen-bond donors (Lipinski definition) is 0. The van der Waals surface area contributed by atoms with Gasteiger partial charge in [0.25, 0.3) is 0 Å². The summed E-state index contributed by atoms with van der Waals surface area (Å²) in [5.74, 6) is -0.769. The second-order valence-electron chi connectivity index (χ2n) is 4.03. The summed E-state index contributed by atoms with van der Waals surface area (Å²) in [6, 6.07) is 7.95. The van der Waals surface area contributed by atoms with Crippen molar-refractivity contribution in [3.8, 4) is 6.07 Å². The molecule has 0 saturated carbocycles. The molecule has 1 unspecified atom stereocenters. The molecule has 4 heteroatoms. The van der Waals surface area contributed by atoms with Gasteiger partial charge in [0, 0.05) is 6.04 Å². The summed E-state index contributed by atoms with van der Waals surface area (Å²) in [4.78, 5) is 13.6. The van der Waals surface area contributed by atoms with Crippen LogP contribution >= 0.6 is 0 Å². The molecule has 0 radical (unpaired) electrons. The molecule has 1 aromatic rings. The maximum absolute atomic E-state index is 13.3. The average Bonchev–Trinajstić information content (AvgIpc) is 2.29. The van der Waals surface area contributed by atoms with Gasteiger partial charge in [0.05, 0.1) is 24.6 Å². The number of ketones is 1. The summed E-state index contributed by atoms with van der Waals surface area (Å²) < 4.78 is 13.3. The molecule has 0 saturated heterocycles. The third-order valence-corrected chi connectivity index (χ3v) is 2.71. The Balaban J connectivity index is 2.68. The number of nitrogens with zero attached hydrogens (tertiary/aromatic N) is 2. The van der Waals surface area contributed by atoms with Crippen molar-refractivity contribution in [2.75, 3.05) is 13.6 Å². The first-order chi connectivity index (χ1) is 8.06. The first-order valence-electron chi connectivity index (χ1n) is 5.41. The standard InChI is InChI=1S/C13H15FN2O/c1-10(7-8-15)16(2)9-13(17)11-5-3-4-6-12(11)14/h3-6,10H,7,9H2,1-2H3. The van der Waals surface area contributed by atoms with E-state index in [1.54, 1.807) is 24.1 Å². The lowest BCUT2D eigenvalue weighted by Gasteiger charge is -2.21. The normalized spacial score (nSPS) is 12.2. The molecular weight excluding hydrogens is 219 g/mol. The summed E-state index contributed by atoms with van der Waals surface area (Å²) in [5.41, 5.74) is 0.100. The fraction of sp³-hybridized carbons (Fsp3) is 0.385. The largest absolute Gasteiger partial charge is 0.295 e. The summed E-state index contributed by atoms with van der Waals surface area (Å²) >= 11 is 0. The first-order valence-corrected chi connectivity index (χ1v) is 5.41. The zero-order valence-electron chi connectivity index (χ0n) is 9.98. The van der Waals surface area contributed by atoms with Gasteiger partial charge in [-0.15, -0.1) is 0 Å². The van der Waals surface area contributed by atoms with E-state index in [2.05, 4.69) is 0 Å². The van der Waals surface area contributed by atoms with Crippen molar-refractivity contribution < 1.29 is 9.18 Å². The minimum Gasteiger partial charge on any atom is -0.295 e. The van der Waals surface area contributed by atoms with Crippen LogP contribution in [0.15, 0.2) is 24.3 Å². The third-order valence-electron chi connectivity index (χ3n) is 2.71. The van der Waals surface area contributed by atoms with Crippen LogP contribution in [0, 0.1) is 17.1 Å². The molecule has 0 fully saturated rings. The van der Waals surface area contributed by atoms with E-state index in [1.165, 1.54) is 12.1 Å². The van der Waals surface area contributed by atoms with E-state index in [4.69, 9.17) is 5.26 Å². The molecule has 1 aromatic carbocycles. The molecule has 0 aromatic heterocycles. The Morgan fingerprint density at radius 1 is 1.53 bits per heavy atom. The monoisotopic (exact) mass is 234 g/mol. The third kappa shape index (κ3) is 3.65. The molecule has 1 atom stereocenters. The minimum atomic E-state index is -0.501. The van der Waals surface area contributed by atoms with Crippen molar-refractivity contribution in [2.45, 2.75) is 19.4 Å². The Morgan fingerprint density at radius 3 is 2.76 bits per heavy atom. The maximum atomic E-state index is 13.3. The van der Waals surface area contributed by atoms with Crippen LogP contribution in [0.25, 0.3) is 0 Å². The van der Waals surface area contributed by atoms with E-state index in [0.717, 1.165) is 0 Å². The Labute approximate surface area is 100 Å². The van der Waals surface area contributed by atoms with Crippen molar-refractivity contribution in [2.24, 2.45) is 0 Å². The molecule has 3 nitrogen and oxygen atoms in total. The van der Waals surface area contributed by atoms with Gasteiger partial charge in [-0.05, 0) is 26.1 Å². The van der Waals surface area contributed by atoms with E-state index in [1.807, 2.05) is 13.0 Å². The highest BCUT2D eigenvalue weighted by atomic mass is 19.1. The number of nitriles is 1. The molecule has 17 heavy (non-hydrogen) atoms. The van der Waals surface area contributed by atoms with Crippen LogP contribution in [0.4, 0.5) is 4.39 Å². The zero-order chi connectivity index (χ0) is 12.8. The smallest absolute Gasteiger partial charge is 0.179 e. The molecule has 1 rings (SSSR count). The minimum absolute atomic E-state index is 0.0178. The lowest BCUT2D eigenvalue weighted by Crippen LogP contribution is -2.34. The molecular formula is C13H15FN2O. The predicted octanol–water partition coefficient (Wildman–Crippen LogP) is 2.24. The van der Waals surface area contributed by atoms with Gasteiger partial charge in [0.1, 0.15) is 5.82 Å². The second kappa shape index (κ2) is 6.12. The number of likely N-dealkylation sites (N-methyl/N-ethyl adjacent to an activating group) is 1. The molecule has 0 bridgehead atoms. The fourth-order valence-corrected chi connectivity index (χ4v) is 1.44. The highest BCUT2D eigenvalue weighted by Crippen LogP contribution is 2.09. The van der Waals surface area contributed by atoms with Crippen molar-refractivity contribution in [3.05, 3.63) is 35.6 Å². The topological polar surface area (TPSA) is 44.1 Å². The molecule has 0 N–H and O–H groups in total. The average molecular weight is 234 g/mol. The van der Waals surface area contributed by atoms with E-state index in [9.17, 15) is 9.18 Å². The molecule has 0 heterocycles. The summed E-state index contributed by atoms with van der Waals surface area (Å²) in [7, 11) is 1.75. The molecule has 0 spiro atoms. The van der Waals surface area contributed by atoms with Gasteiger partial charge in [0.2, 0.25) is 0 Å². The van der Waals surface area contributed by atoms with Crippen molar-refractivity contribution in [1.82, 2.24) is 4.90 Å². The number of carbonyl (C=O) groups excluding carboxylic acids is 1. The van der Waals surface area contributed by atoms with Crippen LogP contribution in [0.2, 0.25) is 0 Å². The molecule has 0 aliphatic rings. The Hall–Kier alpha value is -1.73. The first kappa shape index (κ1) is 13.3. The maximum Gasteiger partial charge on any atom is 0.179 e. The summed E-state index contributed by atoms with van der Waals surface area (Å²) in [5, 5.41) is 8.56. The van der Waals surface area contributed by atoms with Crippen LogP contribution in [0.3, 0.4) is 0 Å². The number of carbonyl (C=O) groups is 1. The van der Waals surface area contributed by atoms with Crippen molar-refractivity contribution >= 4 is 5.78 Å². The van der Waals surface area contributed by atoms with E-state index in [-0.39, 0.29) is 23.9 Å². The summed E-state index contributed by atoms with van der Waals surface area (Å²) in [6.45, 7) is 1.97. The lowest BCUT2D eigenvalue weighted by molar-refractivity contribution is 0.0922.